The van der Waals surface area contributed by atoms with Gasteiger partial charge in [-0.2, -0.15) is 0 Å². The Morgan fingerprint density at radius 2 is 1.74 bits per heavy atom. The molecular formula is C16H26O3. The molecule has 3 heteroatoms. The lowest BCUT2D eigenvalue weighted by Crippen LogP contribution is -2.67. The van der Waals surface area contributed by atoms with Gasteiger partial charge in [-0.1, -0.05) is 13.8 Å². The molecule has 19 heavy (non-hydrogen) atoms. The van der Waals surface area contributed by atoms with Crippen molar-refractivity contribution >= 4 is 0 Å². The highest BCUT2D eigenvalue weighted by Crippen LogP contribution is 2.60. The third kappa shape index (κ3) is 1.55. The first-order valence-electron chi connectivity index (χ1n) is 8.04. The fourth-order valence-corrected chi connectivity index (χ4v) is 5.42. The number of fused-ring (bicyclic) bond motifs is 2. The van der Waals surface area contributed by atoms with Gasteiger partial charge >= 0.3 is 0 Å². The van der Waals surface area contributed by atoms with Crippen LogP contribution in [0.3, 0.4) is 0 Å². The van der Waals surface area contributed by atoms with Gasteiger partial charge in [-0.25, -0.2) is 9.78 Å². The van der Waals surface area contributed by atoms with Gasteiger partial charge in [0.2, 0.25) is 0 Å². The molecule has 0 radical (unpaired) electrons. The predicted molar refractivity (Wildman–Crippen MR) is 71.4 cm³/mol. The monoisotopic (exact) mass is 266 g/mol. The molecule has 0 aromatic rings. The lowest BCUT2D eigenvalue weighted by molar-refractivity contribution is -0.483. The van der Waals surface area contributed by atoms with Gasteiger partial charge in [0.15, 0.2) is 0 Å². The second-order valence-corrected chi connectivity index (χ2v) is 7.78. The summed E-state index contributed by atoms with van der Waals surface area (Å²) < 4.78 is 6.24. The second kappa shape index (κ2) is 3.96. The predicted octanol–water partition coefficient (Wildman–Crippen LogP) is 3.33. The van der Waals surface area contributed by atoms with Crippen LogP contribution < -0.4 is 0 Å². The largest absolute Gasteiger partial charge is 0.375 e. The first-order chi connectivity index (χ1) is 9.05. The Labute approximate surface area is 115 Å². The Morgan fingerprint density at radius 1 is 0.947 bits per heavy atom. The van der Waals surface area contributed by atoms with E-state index in [4.69, 9.17) is 14.5 Å². The van der Waals surface area contributed by atoms with E-state index in [1.165, 1.54) is 19.3 Å². The first kappa shape index (κ1) is 12.6. The van der Waals surface area contributed by atoms with Gasteiger partial charge in [0.25, 0.3) is 0 Å². The highest BCUT2D eigenvalue weighted by Gasteiger charge is 2.66. The van der Waals surface area contributed by atoms with Crippen LogP contribution in [0.25, 0.3) is 0 Å². The zero-order valence-electron chi connectivity index (χ0n) is 12.4. The summed E-state index contributed by atoms with van der Waals surface area (Å²) in [6.45, 7) is 7.82. The third-order valence-corrected chi connectivity index (χ3v) is 6.52. The Hall–Kier alpha value is -0.120. The molecule has 2 saturated carbocycles. The van der Waals surface area contributed by atoms with Crippen molar-refractivity contribution in [1.82, 2.24) is 0 Å². The molecule has 1 spiro atoms. The first-order valence-corrected chi connectivity index (χ1v) is 8.04. The Bertz CT molecular complexity index is 384. The van der Waals surface area contributed by atoms with Crippen molar-refractivity contribution in [3.05, 3.63) is 0 Å². The second-order valence-electron chi connectivity index (χ2n) is 7.78. The molecule has 3 nitrogen and oxygen atoms in total. The normalized spacial score (nSPS) is 60.5. The summed E-state index contributed by atoms with van der Waals surface area (Å²) in [5.74, 6) is 2.56. The van der Waals surface area contributed by atoms with E-state index in [0.29, 0.717) is 17.8 Å². The van der Waals surface area contributed by atoms with Crippen LogP contribution in [0.1, 0.15) is 52.9 Å². The van der Waals surface area contributed by atoms with E-state index in [1.807, 2.05) is 0 Å². The summed E-state index contributed by atoms with van der Waals surface area (Å²) in [6.07, 6.45) is 6.24. The molecule has 0 N–H and O–H groups in total. The van der Waals surface area contributed by atoms with Crippen LogP contribution in [0.15, 0.2) is 0 Å². The van der Waals surface area contributed by atoms with E-state index >= 15 is 0 Å². The third-order valence-electron chi connectivity index (χ3n) is 6.52. The zero-order valence-corrected chi connectivity index (χ0v) is 12.4. The summed E-state index contributed by atoms with van der Waals surface area (Å²) in [7, 11) is 0. The summed E-state index contributed by atoms with van der Waals surface area (Å²) in [5, 5.41) is 0. The van der Waals surface area contributed by atoms with E-state index in [0.717, 1.165) is 25.4 Å². The van der Waals surface area contributed by atoms with E-state index in [-0.39, 0.29) is 17.3 Å². The highest BCUT2D eigenvalue weighted by atomic mass is 17.2. The lowest BCUT2D eigenvalue weighted by atomic mass is 9.57. The van der Waals surface area contributed by atoms with Crippen LogP contribution in [-0.4, -0.2) is 23.9 Å². The quantitative estimate of drug-likeness (QED) is 0.629. The van der Waals surface area contributed by atoms with Gasteiger partial charge in [-0.15, -0.1) is 0 Å². The average molecular weight is 266 g/mol. The SMILES string of the molecule is C[C@@H]1CC[C@H]2[C@@H](C)CO[C@H]3CC4(C)CC[C@@H]1[C@@]32OO4. The molecule has 2 aliphatic carbocycles. The van der Waals surface area contributed by atoms with E-state index in [2.05, 4.69) is 20.8 Å². The standard InChI is InChI=1S/C16H26O3/c1-10-4-5-12-11(2)9-17-14-8-15(3)7-6-13(10)16(12,14)19-18-15/h10-14H,4-9H2,1-3H3/t10-,11+,12+,13+,14+,15?,16-/m1/s1. The number of hydrogen-bond acceptors (Lipinski definition) is 3. The van der Waals surface area contributed by atoms with Crippen molar-refractivity contribution in [3.63, 3.8) is 0 Å². The van der Waals surface area contributed by atoms with Crippen molar-refractivity contribution in [2.45, 2.75) is 70.2 Å². The highest BCUT2D eigenvalue weighted by molar-refractivity contribution is 5.12. The molecule has 5 rings (SSSR count). The van der Waals surface area contributed by atoms with Gasteiger partial charge in [0.05, 0.1) is 12.7 Å². The van der Waals surface area contributed by atoms with Crippen molar-refractivity contribution in [3.8, 4) is 0 Å². The molecule has 3 aliphatic heterocycles. The van der Waals surface area contributed by atoms with Gasteiger partial charge in [0, 0.05) is 6.42 Å². The Morgan fingerprint density at radius 3 is 2.58 bits per heavy atom. The van der Waals surface area contributed by atoms with Gasteiger partial charge in [0.1, 0.15) is 11.2 Å². The molecule has 3 heterocycles. The molecule has 5 fully saturated rings. The molecule has 108 valence electrons. The van der Waals surface area contributed by atoms with Gasteiger partial charge in [-0.3, -0.25) is 0 Å². The molecule has 0 aromatic heterocycles. The van der Waals surface area contributed by atoms with Gasteiger partial charge in [-0.05, 0) is 56.3 Å². The van der Waals surface area contributed by atoms with Crippen LogP contribution in [-0.2, 0) is 14.5 Å². The van der Waals surface area contributed by atoms with Crippen LogP contribution >= 0.6 is 0 Å². The van der Waals surface area contributed by atoms with Crippen LogP contribution in [0, 0.1) is 23.7 Å². The fourth-order valence-electron chi connectivity index (χ4n) is 5.42. The summed E-state index contributed by atoms with van der Waals surface area (Å²) in [5.41, 5.74) is -0.274. The van der Waals surface area contributed by atoms with Crippen molar-refractivity contribution in [2.24, 2.45) is 23.7 Å². The molecule has 0 aromatic carbocycles. The molecule has 0 amide bonds. The minimum Gasteiger partial charge on any atom is -0.375 e. The van der Waals surface area contributed by atoms with E-state index < -0.39 is 0 Å². The van der Waals surface area contributed by atoms with Crippen molar-refractivity contribution in [2.75, 3.05) is 6.61 Å². The van der Waals surface area contributed by atoms with Crippen molar-refractivity contribution < 1.29 is 14.5 Å². The maximum Gasteiger partial charge on any atom is 0.136 e. The van der Waals surface area contributed by atoms with Crippen LogP contribution in [0.4, 0.5) is 0 Å². The zero-order chi connectivity index (χ0) is 13.3. The smallest absolute Gasteiger partial charge is 0.136 e. The molecule has 3 saturated heterocycles. The lowest BCUT2D eigenvalue weighted by Gasteiger charge is -2.59. The Kier molecular flexibility index (Phi) is 2.63. The molecule has 2 bridgehead atoms. The van der Waals surface area contributed by atoms with Crippen LogP contribution in [0.5, 0.6) is 0 Å². The van der Waals surface area contributed by atoms with Gasteiger partial charge < -0.3 is 4.74 Å². The van der Waals surface area contributed by atoms with E-state index in [1.54, 1.807) is 0 Å². The summed E-state index contributed by atoms with van der Waals surface area (Å²) in [4.78, 5) is 12.1. The maximum absolute atomic E-state index is 6.24. The summed E-state index contributed by atoms with van der Waals surface area (Å²) in [6, 6.07) is 0. The molecule has 7 atom stereocenters. The molecule has 1 unspecified atom stereocenters. The number of rotatable bonds is 0. The maximum atomic E-state index is 6.24. The number of hydrogen-bond donors (Lipinski definition) is 0. The van der Waals surface area contributed by atoms with Crippen molar-refractivity contribution in [1.29, 1.82) is 0 Å². The summed E-state index contributed by atoms with van der Waals surface area (Å²) >= 11 is 0. The fraction of sp³-hybridized carbons (Fsp3) is 1.00. The number of ether oxygens (including phenoxy) is 1. The average Bonchev–Trinajstić information content (AvgIpc) is 2.61. The minimum atomic E-state index is -0.147. The molecule has 5 aliphatic rings. The molecular weight excluding hydrogens is 240 g/mol. The Balaban J connectivity index is 1.81. The van der Waals surface area contributed by atoms with E-state index in [9.17, 15) is 0 Å². The minimum absolute atomic E-state index is 0.127. The van der Waals surface area contributed by atoms with Crippen LogP contribution in [0.2, 0.25) is 0 Å². The topological polar surface area (TPSA) is 27.7 Å².